The lowest BCUT2D eigenvalue weighted by molar-refractivity contribution is 1.04. The summed E-state index contributed by atoms with van der Waals surface area (Å²) in [5, 5.41) is 0.324. The first-order valence-corrected chi connectivity index (χ1v) is 3.13. The van der Waals surface area contributed by atoms with Gasteiger partial charge in [0, 0.05) is 17.1 Å². The van der Waals surface area contributed by atoms with Crippen molar-refractivity contribution in [2.75, 3.05) is 0 Å². The highest BCUT2D eigenvalue weighted by molar-refractivity contribution is 7.80. The normalized spacial score (nSPS) is 13.8. The molecule has 1 aromatic heterocycles. The van der Waals surface area contributed by atoms with Gasteiger partial charge in [-0.2, -0.15) is 12.6 Å². The summed E-state index contributed by atoms with van der Waals surface area (Å²) < 4.78 is 0. The van der Waals surface area contributed by atoms with E-state index in [-0.39, 0.29) is 0 Å². The zero-order valence-electron chi connectivity index (χ0n) is 4.76. The molecule has 0 fully saturated rings. The molecule has 0 amide bonds. The Labute approximate surface area is 54.5 Å². The number of hydrogen-bond acceptors (Lipinski definition) is 1. The molecule has 8 heavy (non-hydrogen) atoms. The molecule has 1 unspecified atom stereocenters. The standard InChI is InChI=1S/C6H9NS/c1-5(8)6-3-2-4-7-6/h2-5,7-8H,1H3. The number of aromatic amines is 1. The second-order valence-electron chi connectivity index (χ2n) is 1.80. The van der Waals surface area contributed by atoms with Crippen molar-refractivity contribution in [1.82, 2.24) is 4.98 Å². The number of thiol groups is 1. The van der Waals surface area contributed by atoms with E-state index >= 15 is 0 Å². The van der Waals surface area contributed by atoms with Crippen LogP contribution in [0.2, 0.25) is 0 Å². The summed E-state index contributed by atoms with van der Waals surface area (Å²) in [6, 6.07) is 4.00. The summed E-state index contributed by atoms with van der Waals surface area (Å²) in [6.45, 7) is 2.04. The molecule has 0 aliphatic rings. The molecule has 44 valence electrons. The van der Waals surface area contributed by atoms with Crippen LogP contribution < -0.4 is 0 Å². The van der Waals surface area contributed by atoms with Gasteiger partial charge in [0.15, 0.2) is 0 Å². The SMILES string of the molecule is CC(S)c1ccc[nH]1. The van der Waals surface area contributed by atoms with Gasteiger partial charge in [-0.15, -0.1) is 0 Å². The van der Waals surface area contributed by atoms with Crippen molar-refractivity contribution in [3.8, 4) is 0 Å². The van der Waals surface area contributed by atoms with Crippen LogP contribution in [0.1, 0.15) is 17.9 Å². The minimum absolute atomic E-state index is 0.324. The van der Waals surface area contributed by atoms with Gasteiger partial charge in [0.05, 0.1) is 0 Å². The average molecular weight is 127 g/mol. The van der Waals surface area contributed by atoms with Gasteiger partial charge < -0.3 is 4.98 Å². The average Bonchev–Trinajstić information content (AvgIpc) is 2.12. The first kappa shape index (κ1) is 5.76. The maximum atomic E-state index is 4.22. The van der Waals surface area contributed by atoms with E-state index in [1.165, 1.54) is 5.69 Å². The third kappa shape index (κ3) is 1.07. The second kappa shape index (κ2) is 2.27. The van der Waals surface area contributed by atoms with Gasteiger partial charge in [0.25, 0.3) is 0 Å². The molecular weight excluding hydrogens is 118 g/mol. The first-order valence-electron chi connectivity index (χ1n) is 2.62. The number of rotatable bonds is 1. The van der Waals surface area contributed by atoms with E-state index in [4.69, 9.17) is 0 Å². The van der Waals surface area contributed by atoms with Crippen LogP contribution >= 0.6 is 12.6 Å². The first-order chi connectivity index (χ1) is 3.80. The van der Waals surface area contributed by atoms with Crippen molar-refractivity contribution in [3.05, 3.63) is 24.0 Å². The van der Waals surface area contributed by atoms with E-state index in [1.807, 2.05) is 25.3 Å². The predicted octanol–water partition coefficient (Wildman–Crippen LogP) is 2.01. The third-order valence-electron chi connectivity index (χ3n) is 1.07. The molecule has 0 aromatic carbocycles. The predicted molar refractivity (Wildman–Crippen MR) is 38.2 cm³/mol. The molecule has 1 atom stereocenters. The number of H-pyrrole nitrogens is 1. The van der Waals surface area contributed by atoms with Gasteiger partial charge in [0.1, 0.15) is 0 Å². The van der Waals surface area contributed by atoms with Crippen LogP contribution in [0.4, 0.5) is 0 Å². The quantitative estimate of drug-likeness (QED) is 0.537. The van der Waals surface area contributed by atoms with Crippen LogP contribution in [-0.4, -0.2) is 4.98 Å². The highest BCUT2D eigenvalue weighted by atomic mass is 32.1. The lowest BCUT2D eigenvalue weighted by Gasteiger charge is -1.96. The summed E-state index contributed by atoms with van der Waals surface area (Å²) in [6.07, 6.45) is 1.90. The highest BCUT2D eigenvalue weighted by Gasteiger charge is 1.95. The summed E-state index contributed by atoms with van der Waals surface area (Å²) in [4.78, 5) is 3.06. The Morgan fingerprint density at radius 2 is 2.50 bits per heavy atom. The monoisotopic (exact) mass is 127 g/mol. The van der Waals surface area contributed by atoms with Gasteiger partial charge in [-0.05, 0) is 19.1 Å². The molecule has 1 rings (SSSR count). The van der Waals surface area contributed by atoms with E-state index in [9.17, 15) is 0 Å². The van der Waals surface area contributed by atoms with Gasteiger partial charge in [-0.1, -0.05) is 0 Å². The number of nitrogens with one attached hydrogen (secondary N) is 1. The topological polar surface area (TPSA) is 15.8 Å². The van der Waals surface area contributed by atoms with Crippen molar-refractivity contribution in [2.45, 2.75) is 12.2 Å². The molecule has 0 saturated carbocycles. The van der Waals surface area contributed by atoms with Crippen molar-refractivity contribution in [1.29, 1.82) is 0 Å². The molecule has 0 saturated heterocycles. The minimum Gasteiger partial charge on any atom is -0.364 e. The summed E-state index contributed by atoms with van der Waals surface area (Å²) in [5.41, 5.74) is 1.17. The fourth-order valence-corrected chi connectivity index (χ4v) is 0.765. The van der Waals surface area contributed by atoms with Crippen LogP contribution in [-0.2, 0) is 0 Å². The van der Waals surface area contributed by atoms with Gasteiger partial charge in [-0.25, -0.2) is 0 Å². The van der Waals surface area contributed by atoms with E-state index < -0.39 is 0 Å². The third-order valence-corrected chi connectivity index (χ3v) is 1.35. The molecule has 0 spiro atoms. The zero-order chi connectivity index (χ0) is 5.98. The van der Waals surface area contributed by atoms with Crippen molar-refractivity contribution in [2.24, 2.45) is 0 Å². The number of aromatic nitrogens is 1. The summed E-state index contributed by atoms with van der Waals surface area (Å²) in [5.74, 6) is 0. The van der Waals surface area contributed by atoms with Gasteiger partial charge in [-0.3, -0.25) is 0 Å². The maximum Gasteiger partial charge on any atom is 0.0389 e. The molecule has 0 bridgehead atoms. The Hall–Kier alpha value is -0.370. The van der Waals surface area contributed by atoms with E-state index in [0.29, 0.717) is 5.25 Å². The van der Waals surface area contributed by atoms with Crippen LogP contribution in [0.5, 0.6) is 0 Å². The molecule has 1 aromatic rings. The lowest BCUT2D eigenvalue weighted by Crippen LogP contribution is -1.80. The van der Waals surface area contributed by atoms with Crippen LogP contribution in [0.3, 0.4) is 0 Å². The minimum atomic E-state index is 0.324. The Bertz CT molecular complexity index is 144. The second-order valence-corrected chi connectivity index (χ2v) is 2.58. The van der Waals surface area contributed by atoms with Crippen LogP contribution in [0.25, 0.3) is 0 Å². The molecule has 0 aliphatic carbocycles. The molecule has 2 heteroatoms. The van der Waals surface area contributed by atoms with Crippen LogP contribution in [0, 0.1) is 0 Å². The Morgan fingerprint density at radius 1 is 1.75 bits per heavy atom. The highest BCUT2D eigenvalue weighted by Crippen LogP contribution is 2.14. The van der Waals surface area contributed by atoms with Crippen molar-refractivity contribution in [3.63, 3.8) is 0 Å². The largest absolute Gasteiger partial charge is 0.364 e. The van der Waals surface area contributed by atoms with Crippen molar-refractivity contribution >= 4 is 12.6 Å². The van der Waals surface area contributed by atoms with Crippen LogP contribution in [0.15, 0.2) is 18.3 Å². The van der Waals surface area contributed by atoms with Gasteiger partial charge >= 0.3 is 0 Å². The summed E-state index contributed by atoms with van der Waals surface area (Å²) in [7, 11) is 0. The smallest absolute Gasteiger partial charge is 0.0389 e. The van der Waals surface area contributed by atoms with E-state index in [0.717, 1.165) is 0 Å². The zero-order valence-corrected chi connectivity index (χ0v) is 5.65. The van der Waals surface area contributed by atoms with Gasteiger partial charge in [0.2, 0.25) is 0 Å². The molecule has 0 radical (unpaired) electrons. The van der Waals surface area contributed by atoms with E-state index in [1.54, 1.807) is 0 Å². The lowest BCUT2D eigenvalue weighted by atomic mass is 10.3. The Balaban J connectivity index is 2.77. The molecule has 1 nitrogen and oxygen atoms in total. The molecule has 1 heterocycles. The molecular formula is C6H9NS. The fourth-order valence-electron chi connectivity index (χ4n) is 0.604. The fraction of sp³-hybridized carbons (Fsp3) is 0.333. The summed E-state index contributed by atoms with van der Waals surface area (Å²) >= 11 is 4.22. The Kier molecular flexibility index (Phi) is 1.63. The Morgan fingerprint density at radius 3 is 2.75 bits per heavy atom. The molecule has 0 aliphatic heterocycles. The van der Waals surface area contributed by atoms with E-state index in [2.05, 4.69) is 17.6 Å². The number of hydrogen-bond donors (Lipinski definition) is 2. The van der Waals surface area contributed by atoms with Crippen molar-refractivity contribution < 1.29 is 0 Å². The maximum absolute atomic E-state index is 4.22. The molecule has 1 N–H and O–H groups in total.